The van der Waals surface area contributed by atoms with Gasteiger partial charge in [0.05, 0.1) is 17.1 Å². The molecule has 0 atom stereocenters. The fourth-order valence-corrected chi connectivity index (χ4v) is 1.52. The molecule has 0 radical (unpaired) electrons. The lowest BCUT2D eigenvalue weighted by atomic mass is 10.1. The molecule has 0 amide bonds. The molecule has 2 aromatic heterocycles. The van der Waals surface area contributed by atoms with Gasteiger partial charge in [0.1, 0.15) is 0 Å². The molecule has 0 aliphatic rings. The lowest BCUT2D eigenvalue weighted by Crippen LogP contribution is -2.35. The van der Waals surface area contributed by atoms with Gasteiger partial charge in [0.15, 0.2) is 0 Å². The van der Waals surface area contributed by atoms with Crippen LogP contribution in [0, 0.1) is 0 Å². The van der Waals surface area contributed by atoms with Crippen molar-refractivity contribution in [1.29, 1.82) is 0 Å². The van der Waals surface area contributed by atoms with Crippen LogP contribution >= 0.6 is 11.6 Å². The van der Waals surface area contributed by atoms with Gasteiger partial charge in [0, 0.05) is 17.9 Å². The molecule has 5 nitrogen and oxygen atoms in total. The molecular formula is C12H15ClN4O. The monoisotopic (exact) mass is 266 g/mol. The van der Waals surface area contributed by atoms with Crippen molar-refractivity contribution in [2.75, 3.05) is 0 Å². The standard InChI is InChI=1S/C12H15ClN4O/c1-12(2,3)15-7-10-16-17-11(18-10)8-4-5-14-6-9(8)13/h4-6,15H,7H2,1-3H3. The van der Waals surface area contributed by atoms with E-state index < -0.39 is 0 Å². The Bertz CT molecular complexity index is 533. The largest absolute Gasteiger partial charge is 0.419 e. The molecular weight excluding hydrogens is 252 g/mol. The zero-order valence-electron chi connectivity index (χ0n) is 10.6. The molecule has 0 fully saturated rings. The smallest absolute Gasteiger partial charge is 0.249 e. The Morgan fingerprint density at radius 1 is 1.33 bits per heavy atom. The molecule has 0 spiro atoms. The van der Waals surface area contributed by atoms with Crippen LogP contribution in [0.3, 0.4) is 0 Å². The SMILES string of the molecule is CC(C)(C)NCc1nnc(-c2ccncc2Cl)o1. The summed E-state index contributed by atoms with van der Waals surface area (Å²) in [5.74, 6) is 0.945. The Balaban J connectivity index is 2.14. The van der Waals surface area contributed by atoms with Gasteiger partial charge in [-0.05, 0) is 26.8 Å². The predicted octanol–water partition coefficient (Wildman–Crippen LogP) is 2.67. The molecule has 0 aliphatic heterocycles. The molecule has 0 saturated heterocycles. The van der Waals surface area contributed by atoms with Crippen molar-refractivity contribution in [1.82, 2.24) is 20.5 Å². The van der Waals surface area contributed by atoms with Crippen molar-refractivity contribution >= 4 is 11.6 Å². The average Bonchev–Trinajstić information content (AvgIpc) is 2.75. The first-order valence-electron chi connectivity index (χ1n) is 5.63. The van der Waals surface area contributed by atoms with E-state index in [0.717, 1.165) is 0 Å². The number of aromatic nitrogens is 3. The second-order valence-electron chi connectivity index (χ2n) is 4.96. The number of nitrogens with one attached hydrogen (secondary N) is 1. The van der Waals surface area contributed by atoms with Crippen molar-refractivity contribution in [2.24, 2.45) is 0 Å². The lowest BCUT2D eigenvalue weighted by Gasteiger charge is -2.18. The van der Waals surface area contributed by atoms with Gasteiger partial charge in [-0.25, -0.2) is 0 Å². The fraction of sp³-hybridized carbons (Fsp3) is 0.417. The van der Waals surface area contributed by atoms with E-state index in [2.05, 4.69) is 41.3 Å². The Morgan fingerprint density at radius 2 is 2.11 bits per heavy atom. The Hall–Kier alpha value is -1.46. The molecule has 0 saturated carbocycles. The van der Waals surface area contributed by atoms with E-state index >= 15 is 0 Å². The van der Waals surface area contributed by atoms with E-state index in [4.69, 9.17) is 16.0 Å². The van der Waals surface area contributed by atoms with E-state index in [1.807, 2.05) is 0 Å². The van der Waals surface area contributed by atoms with Gasteiger partial charge in [-0.15, -0.1) is 10.2 Å². The summed E-state index contributed by atoms with van der Waals surface area (Å²) in [5, 5.41) is 11.7. The molecule has 2 aromatic rings. The first kappa shape index (κ1) is 13.0. The van der Waals surface area contributed by atoms with Crippen LogP contribution in [0.15, 0.2) is 22.9 Å². The van der Waals surface area contributed by atoms with Crippen LogP contribution < -0.4 is 5.32 Å². The summed E-state index contributed by atoms with van der Waals surface area (Å²) in [6.07, 6.45) is 3.19. The molecule has 18 heavy (non-hydrogen) atoms. The van der Waals surface area contributed by atoms with Crippen molar-refractivity contribution in [3.63, 3.8) is 0 Å². The van der Waals surface area contributed by atoms with Gasteiger partial charge in [0.25, 0.3) is 0 Å². The van der Waals surface area contributed by atoms with E-state index in [-0.39, 0.29) is 5.54 Å². The number of halogens is 1. The average molecular weight is 267 g/mol. The van der Waals surface area contributed by atoms with E-state index in [1.54, 1.807) is 18.5 Å². The third-order valence-corrected chi connectivity index (χ3v) is 2.54. The van der Waals surface area contributed by atoms with Crippen LogP contribution in [0.4, 0.5) is 0 Å². The highest BCUT2D eigenvalue weighted by atomic mass is 35.5. The van der Waals surface area contributed by atoms with Gasteiger partial charge in [0.2, 0.25) is 11.8 Å². The molecule has 0 bridgehead atoms. The van der Waals surface area contributed by atoms with Gasteiger partial charge in [-0.1, -0.05) is 11.6 Å². The van der Waals surface area contributed by atoms with Crippen molar-refractivity contribution in [3.05, 3.63) is 29.4 Å². The molecule has 6 heteroatoms. The zero-order chi connectivity index (χ0) is 13.2. The summed E-state index contributed by atoms with van der Waals surface area (Å²) in [7, 11) is 0. The zero-order valence-corrected chi connectivity index (χ0v) is 11.3. The topological polar surface area (TPSA) is 63.8 Å². The summed E-state index contributed by atoms with van der Waals surface area (Å²) in [5.41, 5.74) is 0.698. The molecule has 2 heterocycles. The summed E-state index contributed by atoms with van der Waals surface area (Å²) < 4.78 is 5.55. The number of hydrogen-bond donors (Lipinski definition) is 1. The second kappa shape index (κ2) is 5.04. The van der Waals surface area contributed by atoms with Gasteiger partial charge < -0.3 is 9.73 Å². The highest BCUT2D eigenvalue weighted by molar-refractivity contribution is 6.32. The van der Waals surface area contributed by atoms with E-state index in [0.29, 0.717) is 28.9 Å². The maximum atomic E-state index is 6.01. The van der Waals surface area contributed by atoms with Crippen LogP contribution in [0.1, 0.15) is 26.7 Å². The minimum Gasteiger partial charge on any atom is -0.419 e. The van der Waals surface area contributed by atoms with Gasteiger partial charge in [-0.3, -0.25) is 4.98 Å². The second-order valence-corrected chi connectivity index (χ2v) is 5.37. The Labute approximate surface area is 111 Å². The number of nitrogens with zero attached hydrogens (tertiary/aromatic N) is 3. The number of hydrogen-bond acceptors (Lipinski definition) is 5. The van der Waals surface area contributed by atoms with Crippen LogP contribution in [-0.2, 0) is 6.54 Å². The minimum atomic E-state index is 0.00292. The van der Waals surface area contributed by atoms with Crippen molar-refractivity contribution < 1.29 is 4.42 Å². The molecule has 2 rings (SSSR count). The number of pyridine rings is 1. The lowest BCUT2D eigenvalue weighted by molar-refractivity contribution is 0.383. The highest BCUT2D eigenvalue weighted by Gasteiger charge is 2.14. The molecule has 96 valence electrons. The van der Waals surface area contributed by atoms with Crippen LogP contribution in [0.25, 0.3) is 11.5 Å². The summed E-state index contributed by atoms with van der Waals surface area (Å²) in [6.45, 7) is 6.75. The molecule has 0 aliphatic carbocycles. The maximum absolute atomic E-state index is 6.01. The molecule has 1 N–H and O–H groups in total. The van der Waals surface area contributed by atoms with Crippen LogP contribution in [0.5, 0.6) is 0 Å². The maximum Gasteiger partial charge on any atom is 0.249 e. The van der Waals surface area contributed by atoms with Crippen molar-refractivity contribution in [2.45, 2.75) is 32.9 Å². The summed E-state index contributed by atoms with van der Waals surface area (Å²) in [4.78, 5) is 3.91. The van der Waals surface area contributed by atoms with E-state index in [9.17, 15) is 0 Å². The first-order valence-corrected chi connectivity index (χ1v) is 6.01. The third-order valence-electron chi connectivity index (χ3n) is 2.24. The third kappa shape index (κ3) is 3.27. The normalized spacial score (nSPS) is 11.8. The minimum absolute atomic E-state index is 0.00292. The quantitative estimate of drug-likeness (QED) is 0.925. The fourth-order valence-electron chi connectivity index (χ4n) is 1.32. The van der Waals surface area contributed by atoms with E-state index in [1.165, 1.54) is 0 Å². The molecule has 0 unspecified atom stereocenters. The van der Waals surface area contributed by atoms with Crippen LogP contribution in [0.2, 0.25) is 5.02 Å². The summed E-state index contributed by atoms with van der Waals surface area (Å²) in [6, 6.07) is 1.75. The van der Waals surface area contributed by atoms with Crippen LogP contribution in [-0.4, -0.2) is 20.7 Å². The Morgan fingerprint density at radius 3 is 2.78 bits per heavy atom. The number of rotatable bonds is 3. The predicted molar refractivity (Wildman–Crippen MR) is 69.1 cm³/mol. The first-order chi connectivity index (χ1) is 8.46. The van der Waals surface area contributed by atoms with Crippen molar-refractivity contribution in [3.8, 4) is 11.5 Å². The van der Waals surface area contributed by atoms with Gasteiger partial charge in [-0.2, -0.15) is 0 Å². The highest BCUT2D eigenvalue weighted by Crippen LogP contribution is 2.25. The summed E-state index contributed by atoms with van der Waals surface area (Å²) >= 11 is 6.01. The molecule has 0 aromatic carbocycles. The Kier molecular flexibility index (Phi) is 3.63. The van der Waals surface area contributed by atoms with Gasteiger partial charge >= 0.3 is 0 Å².